The predicted octanol–water partition coefficient (Wildman–Crippen LogP) is -5.82. The largest absolute Gasteiger partial charge is 1.00 e. The molecule has 0 saturated carbocycles. The smallest absolute Gasteiger partial charge is 0.822 e. The second-order valence-corrected chi connectivity index (χ2v) is 1.34. The molecule has 4 nitrogen and oxygen atoms in total. The average Bonchev–Trinajstić information content (AvgIpc) is 0.722. The number of rotatable bonds is 0. The Bertz CT molecular complexity index is 57.8. The minimum absolute atomic E-state index is 0. The molecule has 0 spiro atoms. The van der Waals surface area contributed by atoms with Crippen molar-refractivity contribution < 1.29 is 54.9 Å². The molecule has 1 radical (unpaired) electrons. The Balaban J connectivity index is -0.0000000800. The maximum Gasteiger partial charge on any atom is 1.00 e. The van der Waals surface area contributed by atoms with E-state index in [1.165, 1.54) is 0 Å². The third-order valence-electron chi connectivity index (χ3n) is 0. The zero-order valence-electron chi connectivity index (χ0n) is 3.41. The summed E-state index contributed by atoms with van der Waals surface area (Å²) in [6, 6.07) is 0. The molecule has 0 saturated heterocycles. The van der Waals surface area contributed by atoms with Gasteiger partial charge in [-0.2, -0.15) is 7.82 Å². The van der Waals surface area contributed by atoms with Gasteiger partial charge in [0.1, 0.15) is 0 Å². The van der Waals surface area contributed by atoms with Crippen LogP contribution < -0.4 is 33.5 Å². The first-order valence-corrected chi connectivity index (χ1v) is 2.19. The molecule has 0 amide bonds. The van der Waals surface area contributed by atoms with Gasteiger partial charge in [-0.3, -0.25) is 0 Å². The zero-order chi connectivity index (χ0) is 4.50. The van der Waals surface area contributed by atoms with E-state index in [0.717, 1.165) is 0 Å². The Morgan fingerprint density at radius 3 is 1.14 bits per heavy atom. The molecule has 0 N–H and O–H groups in total. The fourth-order valence-electron chi connectivity index (χ4n) is 0. The van der Waals surface area contributed by atoms with Crippen molar-refractivity contribution in [3.05, 3.63) is 0 Å². The molecular formula is CoLiO4P-2. The summed E-state index contributed by atoms with van der Waals surface area (Å²) in [4.78, 5) is 25.6. The first kappa shape index (κ1) is 15.7. The van der Waals surface area contributed by atoms with Crippen molar-refractivity contribution in [2.45, 2.75) is 0 Å². The fourth-order valence-corrected chi connectivity index (χ4v) is 0. The van der Waals surface area contributed by atoms with Gasteiger partial charge in [0.05, 0.1) is 0 Å². The van der Waals surface area contributed by atoms with Crippen molar-refractivity contribution in [1.29, 1.82) is 0 Å². The molecule has 0 aromatic carbocycles. The van der Waals surface area contributed by atoms with Crippen LogP contribution in [0.25, 0.3) is 0 Å². The first-order valence-electron chi connectivity index (χ1n) is 0.730. The van der Waals surface area contributed by atoms with E-state index < -0.39 is 7.82 Å². The Labute approximate surface area is 62.9 Å². The van der Waals surface area contributed by atoms with Crippen LogP contribution in [0.15, 0.2) is 0 Å². The van der Waals surface area contributed by atoms with E-state index in [4.69, 9.17) is 19.2 Å². The minimum Gasteiger partial charge on any atom is -0.822 e. The van der Waals surface area contributed by atoms with E-state index in [0.29, 0.717) is 0 Å². The number of hydrogen-bond donors (Lipinski definition) is 0. The Morgan fingerprint density at radius 2 is 1.14 bits per heavy atom. The molecule has 0 aliphatic carbocycles. The second-order valence-electron chi connectivity index (χ2n) is 0.447. The van der Waals surface area contributed by atoms with Crippen LogP contribution in [0.5, 0.6) is 0 Å². The van der Waals surface area contributed by atoms with E-state index in [1.54, 1.807) is 0 Å². The van der Waals surface area contributed by atoms with Crippen molar-refractivity contribution >= 4 is 7.82 Å². The molecule has 0 aliphatic rings. The summed E-state index contributed by atoms with van der Waals surface area (Å²) in [5, 5.41) is 0. The van der Waals surface area contributed by atoms with Crippen LogP contribution in [0.1, 0.15) is 0 Å². The Hall–Kier alpha value is 1.21. The van der Waals surface area contributed by atoms with Crippen LogP contribution in [0.4, 0.5) is 0 Å². The molecule has 7 heteroatoms. The SMILES string of the molecule is O=P([O-])([O-])[O-].[Co].[Li+]. The first-order chi connectivity index (χ1) is 2.00. The van der Waals surface area contributed by atoms with Gasteiger partial charge in [-0.15, -0.1) is 0 Å². The summed E-state index contributed by atoms with van der Waals surface area (Å²) in [7, 11) is -5.39. The minimum atomic E-state index is -5.39. The van der Waals surface area contributed by atoms with Crippen molar-refractivity contribution in [2.24, 2.45) is 0 Å². The molecule has 0 bridgehead atoms. The van der Waals surface area contributed by atoms with Gasteiger partial charge < -0.3 is 19.2 Å². The molecule has 0 fully saturated rings. The molecule has 0 aliphatic heterocycles. The van der Waals surface area contributed by atoms with Crippen molar-refractivity contribution in [3.8, 4) is 0 Å². The topological polar surface area (TPSA) is 86.2 Å². The summed E-state index contributed by atoms with van der Waals surface area (Å²) in [6.07, 6.45) is 0. The molecule has 0 heterocycles. The van der Waals surface area contributed by atoms with E-state index in [1.807, 2.05) is 0 Å². The van der Waals surface area contributed by atoms with Crippen LogP contribution in [-0.4, -0.2) is 0 Å². The van der Waals surface area contributed by atoms with E-state index >= 15 is 0 Å². The molecule has 7 heavy (non-hydrogen) atoms. The summed E-state index contributed by atoms with van der Waals surface area (Å²) >= 11 is 0. The Morgan fingerprint density at radius 1 is 1.14 bits per heavy atom. The van der Waals surface area contributed by atoms with E-state index in [2.05, 4.69) is 0 Å². The predicted molar refractivity (Wildman–Crippen MR) is 7.61 cm³/mol. The monoisotopic (exact) mass is 161 g/mol. The van der Waals surface area contributed by atoms with Gasteiger partial charge in [0, 0.05) is 16.8 Å². The number of phosphoric acid groups is 1. The van der Waals surface area contributed by atoms with Gasteiger partial charge in [-0.25, -0.2) is 0 Å². The van der Waals surface area contributed by atoms with Gasteiger partial charge >= 0.3 is 18.9 Å². The van der Waals surface area contributed by atoms with Crippen molar-refractivity contribution in [2.75, 3.05) is 0 Å². The van der Waals surface area contributed by atoms with E-state index in [9.17, 15) is 0 Å². The van der Waals surface area contributed by atoms with Crippen molar-refractivity contribution in [3.63, 3.8) is 0 Å². The summed E-state index contributed by atoms with van der Waals surface area (Å²) in [5.41, 5.74) is 0. The molecule has 0 aromatic heterocycles. The normalized spacial score (nSPS) is 8.43. The summed E-state index contributed by atoms with van der Waals surface area (Å²) < 4.78 is 8.55. The van der Waals surface area contributed by atoms with Gasteiger partial charge in [0.25, 0.3) is 0 Å². The second kappa shape index (κ2) is 5.35. The van der Waals surface area contributed by atoms with Gasteiger partial charge in [0.2, 0.25) is 0 Å². The zero-order valence-corrected chi connectivity index (χ0v) is 5.35. The maximum atomic E-state index is 8.55. The van der Waals surface area contributed by atoms with Gasteiger partial charge in [-0.1, -0.05) is 0 Å². The van der Waals surface area contributed by atoms with Crippen LogP contribution in [0.2, 0.25) is 0 Å². The third kappa shape index (κ3) is 133. The maximum absolute atomic E-state index is 8.55. The average molecular weight is 161 g/mol. The van der Waals surface area contributed by atoms with E-state index in [-0.39, 0.29) is 35.6 Å². The van der Waals surface area contributed by atoms with Gasteiger partial charge in [-0.05, 0) is 0 Å². The van der Waals surface area contributed by atoms with Crippen LogP contribution in [-0.2, 0) is 21.3 Å². The van der Waals surface area contributed by atoms with Crippen LogP contribution in [0.3, 0.4) is 0 Å². The molecule has 0 atom stereocenters. The molecule has 0 unspecified atom stereocenters. The summed E-state index contributed by atoms with van der Waals surface area (Å²) in [6.45, 7) is 0. The molecule has 41 valence electrons. The quantitative estimate of drug-likeness (QED) is 0.261. The Kier molecular flexibility index (Phi) is 12.0. The fraction of sp³-hybridized carbons (Fsp3) is 0. The van der Waals surface area contributed by atoms with Crippen LogP contribution in [0, 0.1) is 0 Å². The third-order valence-corrected chi connectivity index (χ3v) is 0. The van der Waals surface area contributed by atoms with Crippen molar-refractivity contribution in [1.82, 2.24) is 0 Å². The number of hydrogen-bond acceptors (Lipinski definition) is 4. The van der Waals surface area contributed by atoms with Crippen LogP contribution >= 0.6 is 7.82 Å². The standard InChI is InChI=1S/Co.Li.H3O4P/c;;1-5(2,3)4/h;;(H3,1,2,3,4)/q;+1;/p-3. The molecule has 0 aromatic rings. The molecular weight excluding hydrogens is 161 g/mol. The molecule has 0 rings (SSSR count). The van der Waals surface area contributed by atoms with Gasteiger partial charge in [0.15, 0.2) is 0 Å². The summed E-state index contributed by atoms with van der Waals surface area (Å²) in [5.74, 6) is 0.